The topological polar surface area (TPSA) is 34.1 Å². The minimum Gasteiger partial charge on any atom is -0.300 e. The van der Waals surface area contributed by atoms with Crippen LogP contribution in [0.15, 0.2) is 48.5 Å². The van der Waals surface area contributed by atoms with Gasteiger partial charge in [-0.1, -0.05) is 59.7 Å². The minimum atomic E-state index is 0.0125. The third kappa shape index (κ3) is 3.39. The fourth-order valence-electron chi connectivity index (χ4n) is 3.26. The average Bonchev–Trinajstić information content (AvgIpc) is 2.56. The van der Waals surface area contributed by atoms with Crippen molar-refractivity contribution in [2.45, 2.75) is 34.1 Å². The Hall–Kier alpha value is -2.74. The first-order chi connectivity index (χ1) is 11.9. The smallest absolute Gasteiger partial charge is 0.193 e. The summed E-state index contributed by atoms with van der Waals surface area (Å²) >= 11 is 0. The number of ketones is 2. The fraction of sp³-hybridized carbons (Fsp3) is 0.217. The van der Waals surface area contributed by atoms with E-state index < -0.39 is 0 Å². The van der Waals surface area contributed by atoms with Crippen LogP contribution in [0.1, 0.15) is 45.1 Å². The first-order valence-corrected chi connectivity index (χ1v) is 8.50. The molecule has 0 atom stereocenters. The lowest BCUT2D eigenvalue weighted by atomic mass is 9.88. The number of hydrogen-bond donors (Lipinski definition) is 0. The highest BCUT2D eigenvalue weighted by molar-refractivity contribution is 6.18. The van der Waals surface area contributed by atoms with E-state index in [1.54, 1.807) is 6.92 Å². The Morgan fingerprint density at radius 1 is 0.840 bits per heavy atom. The zero-order chi connectivity index (χ0) is 18.1. The van der Waals surface area contributed by atoms with Crippen LogP contribution in [-0.4, -0.2) is 11.6 Å². The molecule has 3 aromatic carbocycles. The summed E-state index contributed by atoms with van der Waals surface area (Å²) in [6, 6.07) is 15.8. The standard InChI is InChI=1S/C23H22O2/c1-14-5-8-18(9-6-14)23(25)22-17(4)20(12-16(3)24)13-19-10-7-15(2)11-21(19)22/h5-11,13H,12H2,1-4H3. The zero-order valence-electron chi connectivity index (χ0n) is 15.1. The second kappa shape index (κ2) is 6.64. The van der Waals surface area contributed by atoms with Crippen LogP contribution in [0, 0.1) is 20.8 Å². The first kappa shape index (κ1) is 17.1. The van der Waals surface area contributed by atoms with Crippen LogP contribution in [0.25, 0.3) is 10.8 Å². The van der Waals surface area contributed by atoms with E-state index in [2.05, 4.69) is 6.07 Å². The van der Waals surface area contributed by atoms with Gasteiger partial charge >= 0.3 is 0 Å². The van der Waals surface area contributed by atoms with Gasteiger partial charge in [-0.05, 0) is 49.6 Å². The zero-order valence-corrected chi connectivity index (χ0v) is 15.1. The molecule has 0 radical (unpaired) electrons. The SMILES string of the molecule is CC(=O)Cc1cc2ccc(C)cc2c(C(=O)c2ccc(C)cc2)c1C. The average molecular weight is 330 g/mol. The number of Topliss-reactive ketones (excluding diaryl/α,β-unsaturated/α-hetero) is 1. The maximum atomic E-state index is 13.3. The molecule has 2 heteroatoms. The molecule has 0 amide bonds. The van der Waals surface area contributed by atoms with Gasteiger partial charge in [0.1, 0.15) is 5.78 Å². The van der Waals surface area contributed by atoms with Crippen LogP contribution < -0.4 is 0 Å². The van der Waals surface area contributed by atoms with E-state index in [9.17, 15) is 9.59 Å². The van der Waals surface area contributed by atoms with Gasteiger partial charge in [0, 0.05) is 17.5 Å². The quantitative estimate of drug-likeness (QED) is 0.622. The summed E-state index contributed by atoms with van der Waals surface area (Å²) in [5.41, 5.74) is 5.46. The van der Waals surface area contributed by atoms with Crippen LogP contribution in [0.2, 0.25) is 0 Å². The maximum absolute atomic E-state index is 13.3. The lowest BCUT2D eigenvalue weighted by Crippen LogP contribution is -2.09. The van der Waals surface area contributed by atoms with Gasteiger partial charge in [-0.2, -0.15) is 0 Å². The van der Waals surface area contributed by atoms with E-state index in [-0.39, 0.29) is 11.6 Å². The summed E-state index contributed by atoms with van der Waals surface area (Å²) < 4.78 is 0. The minimum absolute atomic E-state index is 0.0125. The highest BCUT2D eigenvalue weighted by Crippen LogP contribution is 2.29. The molecular formula is C23H22O2. The molecule has 0 unspecified atom stereocenters. The number of benzene rings is 3. The van der Waals surface area contributed by atoms with Gasteiger partial charge in [-0.3, -0.25) is 9.59 Å². The molecule has 0 aliphatic heterocycles. The Bertz CT molecular complexity index is 979. The van der Waals surface area contributed by atoms with Gasteiger partial charge in [0.25, 0.3) is 0 Å². The van der Waals surface area contributed by atoms with Crippen LogP contribution in [-0.2, 0) is 11.2 Å². The summed E-state index contributed by atoms with van der Waals surface area (Å²) in [6.07, 6.45) is 0.351. The Morgan fingerprint density at radius 3 is 2.12 bits per heavy atom. The van der Waals surface area contributed by atoms with E-state index in [4.69, 9.17) is 0 Å². The Labute approximate surface area is 148 Å². The van der Waals surface area contributed by atoms with Crippen LogP contribution >= 0.6 is 0 Å². The normalized spacial score (nSPS) is 10.9. The summed E-state index contributed by atoms with van der Waals surface area (Å²) in [5.74, 6) is 0.113. The molecule has 0 saturated heterocycles. The van der Waals surface area contributed by atoms with Crippen molar-refractivity contribution < 1.29 is 9.59 Å². The molecule has 0 fully saturated rings. The Kier molecular flexibility index (Phi) is 4.54. The maximum Gasteiger partial charge on any atom is 0.193 e. The second-order valence-electron chi connectivity index (χ2n) is 6.83. The Morgan fingerprint density at radius 2 is 1.48 bits per heavy atom. The van der Waals surface area contributed by atoms with Crippen molar-refractivity contribution in [2.24, 2.45) is 0 Å². The summed E-state index contributed by atoms with van der Waals surface area (Å²) in [6.45, 7) is 7.56. The molecule has 0 N–H and O–H groups in total. The molecule has 0 aliphatic carbocycles. The number of hydrogen-bond acceptors (Lipinski definition) is 2. The summed E-state index contributed by atoms with van der Waals surface area (Å²) in [4.78, 5) is 24.9. The molecule has 0 spiro atoms. The van der Waals surface area contributed by atoms with Crippen molar-refractivity contribution in [3.8, 4) is 0 Å². The molecule has 3 rings (SSSR count). The van der Waals surface area contributed by atoms with Gasteiger partial charge in [0.05, 0.1) is 0 Å². The molecule has 0 heterocycles. The first-order valence-electron chi connectivity index (χ1n) is 8.50. The monoisotopic (exact) mass is 330 g/mol. The number of carbonyl (C=O) groups is 2. The molecule has 0 bridgehead atoms. The second-order valence-corrected chi connectivity index (χ2v) is 6.83. The molecule has 0 saturated carbocycles. The number of fused-ring (bicyclic) bond motifs is 1. The molecule has 0 aromatic heterocycles. The van der Waals surface area contributed by atoms with E-state index >= 15 is 0 Å². The van der Waals surface area contributed by atoms with E-state index in [0.29, 0.717) is 17.5 Å². The number of carbonyl (C=O) groups excluding carboxylic acids is 2. The number of aryl methyl sites for hydroxylation is 2. The van der Waals surface area contributed by atoms with E-state index in [1.807, 2.05) is 63.2 Å². The van der Waals surface area contributed by atoms with Crippen molar-refractivity contribution in [2.75, 3.05) is 0 Å². The van der Waals surface area contributed by atoms with Crippen molar-refractivity contribution in [1.29, 1.82) is 0 Å². The van der Waals surface area contributed by atoms with Gasteiger partial charge in [0.15, 0.2) is 5.78 Å². The lowest BCUT2D eigenvalue weighted by Gasteiger charge is -2.15. The predicted octanol–water partition coefficient (Wildman–Crippen LogP) is 5.13. The summed E-state index contributed by atoms with van der Waals surface area (Å²) in [7, 11) is 0. The van der Waals surface area contributed by atoms with E-state index in [1.165, 1.54) is 0 Å². The van der Waals surface area contributed by atoms with Gasteiger partial charge in [-0.15, -0.1) is 0 Å². The van der Waals surface area contributed by atoms with Crippen molar-refractivity contribution in [3.05, 3.63) is 81.9 Å². The third-order valence-electron chi connectivity index (χ3n) is 4.64. The molecule has 126 valence electrons. The summed E-state index contributed by atoms with van der Waals surface area (Å²) in [5, 5.41) is 1.96. The van der Waals surface area contributed by atoms with E-state index in [0.717, 1.165) is 33.0 Å². The van der Waals surface area contributed by atoms with Crippen LogP contribution in [0.5, 0.6) is 0 Å². The molecule has 25 heavy (non-hydrogen) atoms. The van der Waals surface area contributed by atoms with Crippen molar-refractivity contribution >= 4 is 22.3 Å². The lowest BCUT2D eigenvalue weighted by molar-refractivity contribution is -0.116. The molecule has 3 aromatic rings. The largest absolute Gasteiger partial charge is 0.300 e. The van der Waals surface area contributed by atoms with Crippen molar-refractivity contribution in [1.82, 2.24) is 0 Å². The van der Waals surface area contributed by atoms with Gasteiger partial charge < -0.3 is 0 Å². The third-order valence-corrected chi connectivity index (χ3v) is 4.64. The van der Waals surface area contributed by atoms with Crippen LogP contribution in [0.3, 0.4) is 0 Å². The molecule has 0 aliphatic rings. The highest BCUT2D eigenvalue weighted by Gasteiger charge is 2.19. The van der Waals surface area contributed by atoms with Crippen molar-refractivity contribution in [3.63, 3.8) is 0 Å². The van der Waals surface area contributed by atoms with Gasteiger partial charge in [-0.25, -0.2) is 0 Å². The van der Waals surface area contributed by atoms with Crippen LogP contribution in [0.4, 0.5) is 0 Å². The highest BCUT2D eigenvalue weighted by atomic mass is 16.1. The predicted molar refractivity (Wildman–Crippen MR) is 102 cm³/mol. The van der Waals surface area contributed by atoms with Gasteiger partial charge in [0.2, 0.25) is 0 Å². The number of rotatable bonds is 4. The fourth-order valence-corrected chi connectivity index (χ4v) is 3.26. The molecule has 2 nitrogen and oxygen atoms in total. The Balaban J connectivity index is 2.28. The molecular weight excluding hydrogens is 308 g/mol.